The van der Waals surface area contributed by atoms with Crippen LogP contribution in [-0.2, 0) is 5.41 Å². The Balaban J connectivity index is 2.12. The van der Waals surface area contributed by atoms with Gasteiger partial charge >= 0.3 is 0 Å². The van der Waals surface area contributed by atoms with Gasteiger partial charge in [-0.2, -0.15) is 0 Å². The summed E-state index contributed by atoms with van der Waals surface area (Å²) in [5.74, 6) is 0. The maximum Gasteiger partial charge on any atom is 0.0698 e. The fourth-order valence-corrected chi connectivity index (χ4v) is 4.30. The first-order valence-corrected chi connectivity index (χ1v) is 9.28. The lowest BCUT2D eigenvalue weighted by atomic mass is 9.64. The standard InChI is InChI=1S/C26H24/c1-20-17-21(2)19-25(18-20)26(24-15-9-10-16-24,22-11-5-3-6-12-22)23-13-7-4-8-14-23/h3-9,11-19H,10H2,1-2H3. The molecule has 128 valence electrons. The number of allylic oxidation sites excluding steroid dienone is 4. The molecule has 3 aromatic carbocycles. The Bertz CT molecular complexity index is 900. The van der Waals surface area contributed by atoms with Gasteiger partial charge in [0.1, 0.15) is 0 Å². The summed E-state index contributed by atoms with van der Waals surface area (Å²) in [7, 11) is 0. The van der Waals surface area contributed by atoms with Gasteiger partial charge in [0.2, 0.25) is 0 Å². The van der Waals surface area contributed by atoms with Crippen LogP contribution in [0.25, 0.3) is 0 Å². The summed E-state index contributed by atoms with van der Waals surface area (Å²) in [6, 6.07) is 28.8. The van der Waals surface area contributed by atoms with E-state index in [1.54, 1.807) is 0 Å². The van der Waals surface area contributed by atoms with Crippen molar-refractivity contribution in [3.63, 3.8) is 0 Å². The monoisotopic (exact) mass is 336 g/mol. The van der Waals surface area contributed by atoms with Crippen LogP contribution >= 0.6 is 0 Å². The summed E-state index contributed by atoms with van der Waals surface area (Å²) in [5, 5.41) is 0. The average molecular weight is 336 g/mol. The second-order valence-corrected chi connectivity index (χ2v) is 7.16. The van der Waals surface area contributed by atoms with Gasteiger partial charge in [0.05, 0.1) is 5.41 Å². The molecule has 0 radical (unpaired) electrons. The first-order chi connectivity index (χ1) is 12.7. The average Bonchev–Trinajstić information content (AvgIpc) is 3.18. The SMILES string of the molecule is Cc1cc(C)cc(C(C2=CCC=C2)(c2ccccc2)c2ccccc2)c1. The molecule has 0 N–H and O–H groups in total. The van der Waals surface area contributed by atoms with Crippen molar-refractivity contribution in [1.29, 1.82) is 0 Å². The summed E-state index contributed by atoms with van der Waals surface area (Å²) in [4.78, 5) is 0. The number of hydrogen-bond acceptors (Lipinski definition) is 0. The Kier molecular flexibility index (Phi) is 4.34. The second kappa shape index (κ2) is 6.80. The molecule has 0 bridgehead atoms. The molecule has 0 spiro atoms. The summed E-state index contributed by atoms with van der Waals surface area (Å²) in [6.45, 7) is 4.38. The Morgan fingerprint density at radius 1 is 0.654 bits per heavy atom. The van der Waals surface area contributed by atoms with Gasteiger partial charge < -0.3 is 0 Å². The third-order valence-electron chi connectivity index (χ3n) is 5.27. The minimum absolute atomic E-state index is 0.285. The summed E-state index contributed by atoms with van der Waals surface area (Å²) in [6.07, 6.45) is 7.94. The lowest BCUT2D eigenvalue weighted by Gasteiger charge is -2.37. The van der Waals surface area contributed by atoms with E-state index < -0.39 is 0 Å². The molecule has 3 aromatic rings. The molecule has 1 aliphatic carbocycles. The van der Waals surface area contributed by atoms with Crippen molar-refractivity contribution in [3.05, 3.63) is 130 Å². The highest BCUT2D eigenvalue weighted by Crippen LogP contribution is 2.47. The third-order valence-corrected chi connectivity index (χ3v) is 5.27. The molecular formula is C26H24. The first-order valence-electron chi connectivity index (χ1n) is 9.28. The maximum absolute atomic E-state index is 2.37. The van der Waals surface area contributed by atoms with E-state index in [2.05, 4.69) is 111 Å². The van der Waals surface area contributed by atoms with E-state index in [-0.39, 0.29) is 5.41 Å². The number of rotatable bonds is 4. The van der Waals surface area contributed by atoms with E-state index in [4.69, 9.17) is 0 Å². The molecule has 0 heterocycles. The fraction of sp³-hybridized carbons (Fsp3) is 0.154. The molecule has 0 saturated carbocycles. The van der Waals surface area contributed by atoms with Crippen LogP contribution in [0.4, 0.5) is 0 Å². The first kappa shape index (κ1) is 16.6. The van der Waals surface area contributed by atoms with E-state index in [0.717, 1.165) is 6.42 Å². The quantitative estimate of drug-likeness (QED) is 0.475. The smallest absolute Gasteiger partial charge is 0.0698 e. The molecular weight excluding hydrogens is 312 g/mol. The molecule has 26 heavy (non-hydrogen) atoms. The van der Waals surface area contributed by atoms with Crippen LogP contribution in [0.2, 0.25) is 0 Å². The van der Waals surface area contributed by atoms with E-state index >= 15 is 0 Å². The van der Waals surface area contributed by atoms with Crippen LogP contribution in [-0.4, -0.2) is 0 Å². The second-order valence-electron chi connectivity index (χ2n) is 7.16. The molecule has 0 unspecified atom stereocenters. The van der Waals surface area contributed by atoms with E-state index in [1.807, 2.05) is 0 Å². The van der Waals surface area contributed by atoms with Gasteiger partial charge in [-0.05, 0) is 42.5 Å². The Hall–Kier alpha value is -2.86. The molecule has 0 aromatic heterocycles. The van der Waals surface area contributed by atoms with Gasteiger partial charge in [-0.1, -0.05) is 108 Å². The summed E-state index contributed by atoms with van der Waals surface area (Å²) >= 11 is 0. The molecule has 0 fully saturated rings. The molecule has 0 amide bonds. The molecule has 1 aliphatic rings. The van der Waals surface area contributed by atoms with Crippen LogP contribution in [0, 0.1) is 13.8 Å². The Morgan fingerprint density at radius 3 is 1.65 bits per heavy atom. The van der Waals surface area contributed by atoms with E-state index in [9.17, 15) is 0 Å². The third kappa shape index (κ3) is 2.72. The molecule has 4 rings (SSSR count). The van der Waals surface area contributed by atoms with Gasteiger partial charge in [0, 0.05) is 0 Å². The topological polar surface area (TPSA) is 0 Å². The van der Waals surface area contributed by atoms with Crippen molar-refractivity contribution in [3.8, 4) is 0 Å². The fourth-order valence-electron chi connectivity index (χ4n) is 4.30. The Morgan fingerprint density at radius 2 is 1.19 bits per heavy atom. The van der Waals surface area contributed by atoms with Gasteiger partial charge in [-0.3, -0.25) is 0 Å². The van der Waals surface area contributed by atoms with Crippen molar-refractivity contribution in [1.82, 2.24) is 0 Å². The van der Waals surface area contributed by atoms with Crippen molar-refractivity contribution >= 4 is 0 Å². The molecule has 0 atom stereocenters. The highest BCUT2D eigenvalue weighted by atomic mass is 14.4. The largest absolute Gasteiger partial charge is 0.0804 e. The number of hydrogen-bond donors (Lipinski definition) is 0. The zero-order chi connectivity index (χ0) is 18.0. The zero-order valence-electron chi connectivity index (χ0n) is 15.4. The highest BCUT2D eigenvalue weighted by molar-refractivity contribution is 5.63. The lowest BCUT2D eigenvalue weighted by molar-refractivity contribution is 0.742. The summed E-state index contributed by atoms with van der Waals surface area (Å²) in [5.41, 5.74) is 7.65. The normalized spacial score (nSPS) is 13.7. The van der Waals surface area contributed by atoms with Gasteiger partial charge in [-0.15, -0.1) is 0 Å². The highest BCUT2D eigenvalue weighted by Gasteiger charge is 2.39. The Labute approximate surface area is 156 Å². The van der Waals surface area contributed by atoms with Crippen molar-refractivity contribution in [2.45, 2.75) is 25.7 Å². The number of benzene rings is 3. The maximum atomic E-state index is 2.37. The van der Waals surface area contributed by atoms with Crippen molar-refractivity contribution < 1.29 is 0 Å². The van der Waals surface area contributed by atoms with Crippen LogP contribution in [0.15, 0.2) is 103 Å². The van der Waals surface area contributed by atoms with Crippen LogP contribution in [0.5, 0.6) is 0 Å². The van der Waals surface area contributed by atoms with Gasteiger partial charge in [0.25, 0.3) is 0 Å². The van der Waals surface area contributed by atoms with Crippen LogP contribution in [0.1, 0.15) is 34.2 Å². The zero-order valence-corrected chi connectivity index (χ0v) is 15.4. The van der Waals surface area contributed by atoms with Gasteiger partial charge in [-0.25, -0.2) is 0 Å². The minimum atomic E-state index is -0.285. The molecule has 0 saturated heterocycles. The molecule has 0 aliphatic heterocycles. The summed E-state index contributed by atoms with van der Waals surface area (Å²) < 4.78 is 0. The lowest BCUT2D eigenvalue weighted by Crippen LogP contribution is -2.31. The van der Waals surface area contributed by atoms with Crippen molar-refractivity contribution in [2.75, 3.05) is 0 Å². The number of aryl methyl sites for hydroxylation is 2. The van der Waals surface area contributed by atoms with Crippen molar-refractivity contribution in [2.24, 2.45) is 0 Å². The van der Waals surface area contributed by atoms with Crippen LogP contribution < -0.4 is 0 Å². The molecule has 0 nitrogen and oxygen atoms in total. The van der Waals surface area contributed by atoms with E-state index in [1.165, 1.54) is 33.4 Å². The van der Waals surface area contributed by atoms with Gasteiger partial charge in [0.15, 0.2) is 0 Å². The minimum Gasteiger partial charge on any atom is -0.0804 e. The molecule has 0 heteroatoms. The van der Waals surface area contributed by atoms with E-state index in [0.29, 0.717) is 0 Å². The predicted molar refractivity (Wildman–Crippen MR) is 111 cm³/mol. The predicted octanol–water partition coefficient (Wildman–Crippen LogP) is 6.52. The van der Waals surface area contributed by atoms with Crippen LogP contribution in [0.3, 0.4) is 0 Å².